The fourth-order valence-corrected chi connectivity index (χ4v) is 8.31. The summed E-state index contributed by atoms with van der Waals surface area (Å²) in [6.45, 7) is 4.98. The molecule has 9 heteroatoms. The quantitative estimate of drug-likeness (QED) is 0.456. The highest BCUT2D eigenvalue weighted by Gasteiger charge is 2.77. The smallest absolute Gasteiger partial charge is 0.375 e. The number of carbonyl (C=O) groups excluding carboxylic acids is 2. The number of allylic oxidation sites excluding steroid dienone is 4. The van der Waals surface area contributed by atoms with Crippen LogP contribution in [0.3, 0.4) is 0 Å². The predicted octanol–water partition coefficient (Wildman–Crippen LogP) is 4.63. The summed E-state index contributed by atoms with van der Waals surface area (Å²) in [7, 11) is 0. The van der Waals surface area contributed by atoms with Crippen molar-refractivity contribution in [2.45, 2.75) is 63.6 Å². The van der Waals surface area contributed by atoms with Crippen LogP contribution in [0, 0.1) is 28.6 Å². The van der Waals surface area contributed by atoms with Crippen molar-refractivity contribution >= 4 is 29.0 Å². The van der Waals surface area contributed by atoms with Gasteiger partial charge in [0.1, 0.15) is 6.17 Å². The standard InChI is InChI=1S/C26H28F2O6S/c1-13-9-15-16-11-18(27)17-10-14(29)6-7-23(17,2)25(16,28)20(30)12-24(15,3)26(13,22(32)35)34-21(31)19-5-4-8-33-19/h4-8,10,13,15-16,18,20,30H,9,11-12H2,1-3H3,(H,32,35)/t13-,15+,16+,18+,20+,23+,24+,25+,26-/m1/s1. The van der Waals surface area contributed by atoms with Crippen molar-refractivity contribution in [1.29, 1.82) is 0 Å². The van der Waals surface area contributed by atoms with E-state index in [0.29, 0.717) is 0 Å². The minimum absolute atomic E-state index is 0.0330. The number of alkyl halides is 2. The number of furan rings is 1. The minimum atomic E-state index is -2.28. The lowest BCUT2D eigenvalue weighted by atomic mass is 9.44. The Morgan fingerprint density at radius 2 is 2.00 bits per heavy atom. The molecule has 4 aliphatic rings. The Kier molecular flexibility index (Phi) is 5.25. The monoisotopic (exact) mass is 506 g/mol. The lowest BCUT2D eigenvalue weighted by Crippen LogP contribution is -2.70. The van der Waals surface area contributed by atoms with Crippen LogP contribution >= 0.6 is 12.2 Å². The number of halogens is 2. The van der Waals surface area contributed by atoms with Crippen molar-refractivity contribution in [2.75, 3.05) is 0 Å². The number of carbonyl (C=O) groups is 2. The first-order chi connectivity index (χ1) is 16.3. The summed E-state index contributed by atoms with van der Waals surface area (Å²) in [5.41, 5.74) is -6.68. The summed E-state index contributed by atoms with van der Waals surface area (Å²) in [5, 5.41) is 21.7. The van der Waals surface area contributed by atoms with Crippen LogP contribution in [-0.2, 0) is 9.53 Å². The largest absolute Gasteiger partial charge is 0.499 e. The van der Waals surface area contributed by atoms with Crippen molar-refractivity contribution < 1.29 is 37.7 Å². The summed E-state index contributed by atoms with van der Waals surface area (Å²) < 4.78 is 43.9. The number of thiocarbonyl (C=S) groups is 1. The molecule has 4 aliphatic carbocycles. The van der Waals surface area contributed by atoms with Crippen molar-refractivity contribution in [3.05, 3.63) is 48.0 Å². The Morgan fingerprint density at radius 3 is 2.63 bits per heavy atom. The first kappa shape index (κ1) is 24.3. The maximum atomic E-state index is 17.3. The zero-order valence-electron chi connectivity index (χ0n) is 19.7. The van der Waals surface area contributed by atoms with E-state index < -0.39 is 68.9 Å². The SMILES string of the molecule is C[C@@H]1C[C@H]2[C@@H]3C[C@H](F)C4=CC(=O)C=C[C@]4(C)[C@@]3(F)[C@@H](O)C[C@]2(C)[C@]1(OC(=O)c1ccco1)C(O)=S. The number of aliphatic hydroxyl groups excluding tert-OH is 2. The van der Waals surface area contributed by atoms with Crippen LogP contribution in [0.15, 0.2) is 46.6 Å². The molecule has 0 amide bonds. The van der Waals surface area contributed by atoms with Crippen LogP contribution < -0.4 is 0 Å². The molecule has 0 aromatic carbocycles. The van der Waals surface area contributed by atoms with Crippen LogP contribution in [0.4, 0.5) is 8.78 Å². The van der Waals surface area contributed by atoms with Gasteiger partial charge in [-0.2, -0.15) is 0 Å². The third-order valence-corrected chi connectivity index (χ3v) is 9.77. The molecule has 0 spiro atoms. The average Bonchev–Trinajstić information content (AvgIpc) is 3.39. The Balaban J connectivity index is 1.62. The van der Waals surface area contributed by atoms with Gasteiger partial charge in [0.25, 0.3) is 0 Å². The molecule has 35 heavy (non-hydrogen) atoms. The molecule has 6 nitrogen and oxygen atoms in total. The first-order valence-electron chi connectivity index (χ1n) is 11.8. The van der Waals surface area contributed by atoms with Crippen molar-refractivity contribution in [3.8, 4) is 0 Å². The molecule has 0 saturated heterocycles. The normalized spacial score (nSPS) is 46.3. The van der Waals surface area contributed by atoms with Gasteiger partial charge in [-0.1, -0.05) is 19.9 Å². The zero-order chi connectivity index (χ0) is 25.6. The molecule has 9 atom stereocenters. The third-order valence-electron chi connectivity index (χ3n) is 9.46. The van der Waals surface area contributed by atoms with E-state index in [1.807, 2.05) is 0 Å². The molecular weight excluding hydrogens is 478 g/mol. The maximum absolute atomic E-state index is 17.3. The number of esters is 1. The van der Waals surface area contributed by atoms with E-state index >= 15 is 8.78 Å². The topological polar surface area (TPSA) is 97.0 Å². The Morgan fingerprint density at radius 1 is 1.29 bits per heavy atom. The van der Waals surface area contributed by atoms with E-state index in [0.717, 1.165) is 6.08 Å². The molecule has 5 rings (SSSR count). The molecule has 3 fully saturated rings. The summed E-state index contributed by atoms with van der Waals surface area (Å²) in [4.78, 5) is 24.9. The molecule has 188 valence electrons. The number of rotatable bonds is 3. The summed E-state index contributed by atoms with van der Waals surface area (Å²) >= 11 is 5.24. The van der Waals surface area contributed by atoms with Gasteiger partial charge < -0.3 is 19.4 Å². The average molecular weight is 507 g/mol. The van der Waals surface area contributed by atoms with Crippen LogP contribution in [0.2, 0.25) is 0 Å². The van der Waals surface area contributed by atoms with Crippen LogP contribution in [-0.4, -0.2) is 50.6 Å². The van der Waals surface area contributed by atoms with E-state index in [9.17, 15) is 19.8 Å². The lowest BCUT2D eigenvalue weighted by Gasteiger charge is -2.63. The van der Waals surface area contributed by atoms with Crippen molar-refractivity contribution in [1.82, 2.24) is 0 Å². The fourth-order valence-electron chi connectivity index (χ4n) is 7.83. The number of hydrogen-bond donors (Lipinski definition) is 2. The molecule has 3 saturated carbocycles. The number of fused-ring (bicyclic) bond motifs is 5. The van der Waals surface area contributed by atoms with E-state index in [2.05, 4.69) is 0 Å². The highest BCUT2D eigenvalue weighted by molar-refractivity contribution is 7.80. The van der Waals surface area contributed by atoms with E-state index in [4.69, 9.17) is 21.4 Å². The summed E-state index contributed by atoms with van der Waals surface area (Å²) in [6.07, 6.45) is 1.69. The van der Waals surface area contributed by atoms with Crippen LogP contribution in [0.5, 0.6) is 0 Å². The van der Waals surface area contributed by atoms with Crippen molar-refractivity contribution in [3.63, 3.8) is 0 Å². The Hall–Kier alpha value is -2.39. The maximum Gasteiger partial charge on any atom is 0.375 e. The molecular formula is C26H28F2O6S. The minimum Gasteiger partial charge on any atom is -0.499 e. The Bertz CT molecular complexity index is 1160. The molecule has 0 bridgehead atoms. The van der Waals surface area contributed by atoms with Crippen LogP contribution in [0.1, 0.15) is 50.6 Å². The summed E-state index contributed by atoms with van der Waals surface area (Å²) in [5.74, 6) is -3.45. The van der Waals surface area contributed by atoms with Gasteiger partial charge in [-0.15, -0.1) is 0 Å². The van der Waals surface area contributed by atoms with Gasteiger partial charge in [0.2, 0.25) is 10.8 Å². The lowest BCUT2D eigenvalue weighted by molar-refractivity contribution is -0.215. The van der Waals surface area contributed by atoms with Gasteiger partial charge in [0.15, 0.2) is 17.1 Å². The van der Waals surface area contributed by atoms with Crippen molar-refractivity contribution in [2.24, 2.45) is 28.6 Å². The second kappa shape index (κ2) is 7.56. The number of ketones is 1. The molecule has 2 N–H and O–H groups in total. The van der Waals surface area contributed by atoms with Gasteiger partial charge in [-0.3, -0.25) is 4.79 Å². The highest BCUT2D eigenvalue weighted by Crippen LogP contribution is 2.71. The van der Waals surface area contributed by atoms with E-state index in [1.165, 1.54) is 37.5 Å². The molecule has 1 heterocycles. The number of hydrogen-bond acceptors (Lipinski definition) is 6. The van der Waals surface area contributed by atoms with Gasteiger partial charge in [-0.05, 0) is 74.2 Å². The van der Waals surface area contributed by atoms with Gasteiger partial charge in [-0.25, -0.2) is 13.6 Å². The highest BCUT2D eigenvalue weighted by atomic mass is 32.1. The molecule has 1 aromatic rings. The molecule has 0 aliphatic heterocycles. The summed E-state index contributed by atoms with van der Waals surface area (Å²) in [6, 6.07) is 2.93. The first-order valence-corrected chi connectivity index (χ1v) is 12.2. The van der Waals surface area contributed by atoms with Gasteiger partial charge in [0, 0.05) is 22.7 Å². The molecule has 1 aromatic heterocycles. The second-order valence-corrected chi connectivity index (χ2v) is 11.3. The zero-order valence-corrected chi connectivity index (χ0v) is 20.5. The van der Waals surface area contributed by atoms with Gasteiger partial charge >= 0.3 is 5.97 Å². The van der Waals surface area contributed by atoms with Crippen LogP contribution in [0.25, 0.3) is 0 Å². The number of aliphatic hydroxyl groups is 2. The van der Waals surface area contributed by atoms with E-state index in [-0.39, 0.29) is 30.6 Å². The fraction of sp³-hybridized carbons (Fsp3) is 0.577. The Labute approximate surface area is 207 Å². The molecule has 0 radical (unpaired) electrons. The van der Waals surface area contributed by atoms with Gasteiger partial charge in [0.05, 0.1) is 12.4 Å². The third kappa shape index (κ3) is 2.85. The van der Waals surface area contributed by atoms with E-state index in [1.54, 1.807) is 13.8 Å². The molecule has 0 unspecified atom stereocenters. The predicted molar refractivity (Wildman–Crippen MR) is 125 cm³/mol. The second-order valence-electron chi connectivity index (χ2n) is 10.9. The number of ether oxygens (including phenoxy) is 1.